The predicted molar refractivity (Wildman–Crippen MR) is 109 cm³/mol. The van der Waals surface area contributed by atoms with Crippen LogP contribution in [0.15, 0.2) is 24.3 Å². The van der Waals surface area contributed by atoms with Crippen LogP contribution in [-0.2, 0) is 14.4 Å². The molecule has 0 bridgehead atoms. The molecule has 29 heavy (non-hydrogen) atoms. The fraction of sp³-hybridized carbons (Fsp3) is 0.500. The lowest BCUT2D eigenvalue weighted by Gasteiger charge is -2.31. The molecule has 9 heteroatoms. The minimum absolute atomic E-state index is 0.0744. The summed E-state index contributed by atoms with van der Waals surface area (Å²) in [6.07, 6.45) is 0.323. The van der Waals surface area contributed by atoms with E-state index >= 15 is 0 Å². The van der Waals surface area contributed by atoms with Gasteiger partial charge < -0.3 is 21.1 Å². The van der Waals surface area contributed by atoms with Crippen molar-refractivity contribution in [2.45, 2.75) is 46.2 Å². The highest BCUT2D eigenvalue weighted by molar-refractivity contribution is 6.10. The van der Waals surface area contributed by atoms with Gasteiger partial charge in [-0.05, 0) is 30.4 Å². The zero-order chi connectivity index (χ0) is 21.7. The van der Waals surface area contributed by atoms with Gasteiger partial charge in [-0.15, -0.1) is 0 Å². The highest BCUT2D eigenvalue weighted by atomic mass is 16.4. The number of urea groups is 1. The first-order valence-corrected chi connectivity index (χ1v) is 9.60. The highest BCUT2D eigenvalue weighted by Gasteiger charge is 2.32. The Kier molecular flexibility index (Phi) is 7.19. The number of fused-ring (bicyclic) bond motifs is 1. The number of nitrogens with one attached hydrogen (secondary N) is 3. The molecule has 9 nitrogen and oxygen atoms in total. The molecule has 1 aliphatic rings. The van der Waals surface area contributed by atoms with Gasteiger partial charge in [0, 0.05) is 0 Å². The second kappa shape index (κ2) is 9.40. The number of benzene rings is 1. The number of carbonyl (C=O) groups excluding carboxylic acids is 3. The molecule has 1 aromatic rings. The quantitative estimate of drug-likeness (QED) is 0.551. The summed E-state index contributed by atoms with van der Waals surface area (Å²) in [5.41, 5.74) is 1.04. The van der Waals surface area contributed by atoms with E-state index < -0.39 is 30.0 Å². The Bertz CT molecular complexity index is 793. The smallest absolute Gasteiger partial charge is 0.326 e. The third-order valence-electron chi connectivity index (χ3n) is 4.57. The van der Waals surface area contributed by atoms with E-state index in [1.54, 1.807) is 38.1 Å². The molecule has 0 saturated carbocycles. The SMILES string of the molecule is CC(C)C[C@H](NC(=O)N1CC(=O)Nc2ccccc21)C(=O)N[C@H](C(=O)O)C(C)C. The fourth-order valence-corrected chi connectivity index (χ4v) is 3.11. The zero-order valence-electron chi connectivity index (χ0n) is 17.1. The maximum absolute atomic E-state index is 12.9. The van der Waals surface area contributed by atoms with Gasteiger partial charge in [-0.25, -0.2) is 9.59 Å². The van der Waals surface area contributed by atoms with Crippen LogP contribution in [0.1, 0.15) is 34.1 Å². The van der Waals surface area contributed by atoms with Crippen molar-refractivity contribution in [2.75, 3.05) is 16.8 Å². The summed E-state index contributed by atoms with van der Waals surface area (Å²) in [6.45, 7) is 7.00. The Morgan fingerprint density at radius 2 is 1.79 bits per heavy atom. The van der Waals surface area contributed by atoms with E-state index in [4.69, 9.17) is 0 Å². The minimum atomic E-state index is -1.13. The number of nitrogens with zero attached hydrogens (tertiary/aromatic N) is 1. The van der Waals surface area contributed by atoms with Crippen LogP contribution < -0.4 is 20.9 Å². The molecule has 1 aromatic carbocycles. The number of carboxylic acid groups (broad SMARTS) is 1. The fourth-order valence-electron chi connectivity index (χ4n) is 3.11. The minimum Gasteiger partial charge on any atom is -0.480 e. The van der Waals surface area contributed by atoms with Gasteiger partial charge in [-0.1, -0.05) is 39.8 Å². The first-order chi connectivity index (χ1) is 13.6. The monoisotopic (exact) mass is 404 g/mol. The standard InChI is InChI=1S/C20H28N4O5/c1-11(2)9-14(18(26)23-17(12(3)4)19(27)28)22-20(29)24-10-16(25)21-13-7-5-6-8-15(13)24/h5-8,11-12,14,17H,9-10H2,1-4H3,(H,21,25)(H,22,29)(H,23,26)(H,27,28)/t14-,17-/m0/s1. The molecule has 0 unspecified atom stereocenters. The summed E-state index contributed by atoms with van der Waals surface area (Å²) in [5.74, 6) is -2.28. The Morgan fingerprint density at radius 3 is 2.38 bits per heavy atom. The van der Waals surface area contributed by atoms with Crippen LogP contribution in [-0.4, -0.2) is 47.5 Å². The first kappa shape index (κ1) is 22.2. The van der Waals surface area contributed by atoms with E-state index in [0.29, 0.717) is 17.8 Å². The van der Waals surface area contributed by atoms with E-state index in [9.17, 15) is 24.3 Å². The van der Waals surface area contributed by atoms with Crippen molar-refractivity contribution in [1.29, 1.82) is 0 Å². The van der Waals surface area contributed by atoms with Crippen LogP contribution in [0.25, 0.3) is 0 Å². The average molecular weight is 404 g/mol. The van der Waals surface area contributed by atoms with Crippen molar-refractivity contribution in [2.24, 2.45) is 11.8 Å². The van der Waals surface area contributed by atoms with E-state index in [2.05, 4.69) is 16.0 Å². The van der Waals surface area contributed by atoms with Crippen LogP contribution in [0.3, 0.4) is 0 Å². The molecule has 0 aromatic heterocycles. The number of carbonyl (C=O) groups is 4. The number of rotatable bonds is 7. The molecule has 2 atom stereocenters. The predicted octanol–water partition coefficient (Wildman–Crippen LogP) is 1.79. The largest absolute Gasteiger partial charge is 0.480 e. The lowest BCUT2D eigenvalue weighted by Crippen LogP contribution is -2.56. The Hall–Kier alpha value is -3.10. The van der Waals surface area contributed by atoms with Crippen molar-refractivity contribution in [3.8, 4) is 0 Å². The van der Waals surface area contributed by atoms with E-state index in [1.165, 1.54) is 4.90 Å². The molecular weight excluding hydrogens is 376 g/mol. The van der Waals surface area contributed by atoms with Gasteiger partial charge >= 0.3 is 12.0 Å². The number of para-hydroxylation sites is 2. The zero-order valence-corrected chi connectivity index (χ0v) is 17.1. The molecule has 2 rings (SSSR count). The number of hydrogen-bond donors (Lipinski definition) is 4. The molecule has 0 saturated heterocycles. The van der Waals surface area contributed by atoms with Gasteiger partial charge in [0.1, 0.15) is 18.6 Å². The highest BCUT2D eigenvalue weighted by Crippen LogP contribution is 2.28. The van der Waals surface area contributed by atoms with Crippen molar-refractivity contribution in [1.82, 2.24) is 10.6 Å². The van der Waals surface area contributed by atoms with Gasteiger partial charge in [0.05, 0.1) is 11.4 Å². The van der Waals surface area contributed by atoms with Crippen LogP contribution in [0.4, 0.5) is 16.2 Å². The third kappa shape index (κ3) is 5.69. The van der Waals surface area contributed by atoms with Crippen molar-refractivity contribution >= 4 is 35.2 Å². The van der Waals surface area contributed by atoms with Crippen LogP contribution in [0.2, 0.25) is 0 Å². The second-order valence-corrected chi connectivity index (χ2v) is 7.85. The molecule has 1 heterocycles. The molecule has 0 radical (unpaired) electrons. The van der Waals surface area contributed by atoms with Crippen LogP contribution in [0, 0.1) is 11.8 Å². The Morgan fingerprint density at radius 1 is 1.14 bits per heavy atom. The van der Waals surface area contributed by atoms with Crippen LogP contribution in [0.5, 0.6) is 0 Å². The summed E-state index contributed by atoms with van der Waals surface area (Å²) in [4.78, 5) is 50.3. The van der Waals surface area contributed by atoms with Crippen molar-refractivity contribution < 1.29 is 24.3 Å². The van der Waals surface area contributed by atoms with Crippen molar-refractivity contribution in [3.05, 3.63) is 24.3 Å². The molecule has 1 aliphatic heterocycles. The van der Waals surface area contributed by atoms with Crippen molar-refractivity contribution in [3.63, 3.8) is 0 Å². The van der Waals surface area contributed by atoms with Crippen LogP contribution >= 0.6 is 0 Å². The lowest BCUT2D eigenvalue weighted by molar-refractivity contribution is -0.143. The maximum Gasteiger partial charge on any atom is 0.326 e. The number of carboxylic acids is 1. The molecule has 0 aliphatic carbocycles. The van der Waals surface area contributed by atoms with E-state index in [1.807, 2.05) is 13.8 Å². The number of hydrogen-bond acceptors (Lipinski definition) is 4. The number of aliphatic carboxylic acids is 1. The summed E-state index contributed by atoms with van der Waals surface area (Å²) >= 11 is 0. The normalized spacial score (nSPS) is 15.4. The summed E-state index contributed by atoms with van der Waals surface area (Å²) < 4.78 is 0. The van der Waals surface area contributed by atoms with Gasteiger partial charge in [0.25, 0.3) is 0 Å². The van der Waals surface area contributed by atoms with Gasteiger partial charge in [-0.3, -0.25) is 14.5 Å². The van der Waals surface area contributed by atoms with Gasteiger partial charge in [0.2, 0.25) is 11.8 Å². The maximum atomic E-state index is 12.9. The first-order valence-electron chi connectivity index (χ1n) is 9.60. The Balaban J connectivity index is 2.19. The summed E-state index contributed by atoms with van der Waals surface area (Å²) in [6, 6.07) is 4.29. The van der Waals surface area contributed by atoms with E-state index in [0.717, 1.165) is 0 Å². The second-order valence-electron chi connectivity index (χ2n) is 7.85. The molecule has 158 valence electrons. The molecule has 0 spiro atoms. The lowest BCUT2D eigenvalue weighted by atomic mass is 10.0. The van der Waals surface area contributed by atoms with Gasteiger partial charge in [-0.2, -0.15) is 0 Å². The third-order valence-corrected chi connectivity index (χ3v) is 4.57. The molecule has 0 fully saturated rings. The molecule has 4 N–H and O–H groups in total. The number of amides is 4. The van der Waals surface area contributed by atoms with E-state index in [-0.39, 0.29) is 24.3 Å². The Labute approximate surface area is 169 Å². The molecular formula is C20H28N4O5. The topological polar surface area (TPSA) is 128 Å². The average Bonchev–Trinajstić information content (AvgIpc) is 2.63. The summed E-state index contributed by atoms with van der Waals surface area (Å²) in [5, 5.41) is 17.2. The van der Waals surface area contributed by atoms with Gasteiger partial charge in [0.15, 0.2) is 0 Å². The molecule has 4 amide bonds. The number of anilines is 2. The summed E-state index contributed by atoms with van der Waals surface area (Å²) in [7, 11) is 0.